The predicted molar refractivity (Wildman–Crippen MR) is 69.0 cm³/mol. The lowest BCUT2D eigenvalue weighted by atomic mass is 9.83. The molecule has 96 valence electrons. The van der Waals surface area contributed by atoms with Gasteiger partial charge in [-0.2, -0.15) is 0 Å². The zero-order chi connectivity index (χ0) is 12.7. The second kappa shape index (κ2) is 4.39. The highest BCUT2D eigenvalue weighted by Gasteiger charge is 2.47. The molecule has 1 aromatic carbocycles. The van der Waals surface area contributed by atoms with Crippen LogP contribution in [-0.2, 0) is 9.53 Å². The molecule has 0 radical (unpaired) electrons. The molecule has 1 aromatic rings. The molecule has 2 aliphatic heterocycles. The van der Waals surface area contributed by atoms with Gasteiger partial charge in [0.2, 0.25) is 0 Å². The molecule has 3 nitrogen and oxygen atoms in total. The third-order valence-corrected chi connectivity index (χ3v) is 4.08. The van der Waals surface area contributed by atoms with Crippen molar-refractivity contribution in [3.63, 3.8) is 0 Å². The molecule has 18 heavy (non-hydrogen) atoms. The molecular weight excluding hydrogens is 226 g/mol. The van der Waals surface area contributed by atoms with Crippen molar-refractivity contribution < 1.29 is 9.53 Å². The van der Waals surface area contributed by atoms with Crippen LogP contribution in [0.3, 0.4) is 0 Å². The van der Waals surface area contributed by atoms with Crippen LogP contribution in [-0.4, -0.2) is 29.6 Å². The molecule has 2 heterocycles. The van der Waals surface area contributed by atoms with Gasteiger partial charge in [0.05, 0.1) is 0 Å². The molecule has 0 saturated carbocycles. The van der Waals surface area contributed by atoms with Gasteiger partial charge in [0.25, 0.3) is 0 Å². The van der Waals surface area contributed by atoms with Crippen molar-refractivity contribution in [2.75, 3.05) is 6.54 Å². The maximum absolute atomic E-state index is 11.8. The molecular formula is C15H19NO2. The van der Waals surface area contributed by atoms with Crippen molar-refractivity contribution in [1.29, 1.82) is 0 Å². The van der Waals surface area contributed by atoms with Crippen molar-refractivity contribution in [2.24, 2.45) is 5.92 Å². The Hall–Kier alpha value is -1.35. The van der Waals surface area contributed by atoms with E-state index in [1.807, 2.05) is 13.0 Å². The average molecular weight is 245 g/mol. The topological polar surface area (TPSA) is 29.5 Å². The highest BCUT2D eigenvalue weighted by molar-refractivity contribution is 5.78. The quantitative estimate of drug-likeness (QED) is 0.749. The van der Waals surface area contributed by atoms with Crippen molar-refractivity contribution in [3.8, 4) is 0 Å². The maximum Gasteiger partial charge on any atom is 0.323 e. The smallest absolute Gasteiger partial charge is 0.323 e. The zero-order valence-electron chi connectivity index (χ0n) is 10.9. The molecule has 0 bridgehead atoms. The molecule has 0 aromatic heterocycles. The van der Waals surface area contributed by atoms with E-state index in [0.29, 0.717) is 12.0 Å². The Labute approximate surface area is 108 Å². The number of esters is 1. The average Bonchev–Trinajstić information content (AvgIpc) is 2.66. The van der Waals surface area contributed by atoms with Crippen molar-refractivity contribution in [3.05, 3.63) is 35.9 Å². The minimum absolute atomic E-state index is 0.0404. The van der Waals surface area contributed by atoms with Gasteiger partial charge in [0.15, 0.2) is 0 Å². The summed E-state index contributed by atoms with van der Waals surface area (Å²) in [5.41, 5.74) is 1.31. The summed E-state index contributed by atoms with van der Waals surface area (Å²) in [6.07, 6.45) is 0.893. The van der Waals surface area contributed by atoms with Crippen molar-refractivity contribution in [1.82, 2.24) is 4.90 Å². The van der Waals surface area contributed by atoms with Crippen LogP contribution in [0.25, 0.3) is 0 Å². The van der Waals surface area contributed by atoms with Crippen LogP contribution < -0.4 is 0 Å². The van der Waals surface area contributed by atoms with Gasteiger partial charge in [-0.25, -0.2) is 0 Å². The lowest BCUT2D eigenvalue weighted by molar-refractivity contribution is -0.148. The van der Waals surface area contributed by atoms with E-state index in [1.165, 1.54) is 5.56 Å². The fraction of sp³-hybridized carbons (Fsp3) is 0.533. The second-order valence-electron chi connectivity index (χ2n) is 5.53. The molecule has 2 aliphatic rings. The van der Waals surface area contributed by atoms with Gasteiger partial charge in [0.1, 0.15) is 12.1 Å². The number of rotatable bonds is 2. The maximum atomic E-state index is 11.8. The van der Waals surface area contributed by atoms with E-state index in [0.717, 1.165) is 13.0 Å². The second-order valence-corrected chi connectivity index (χ2v) is 5.53. The number of nitrogens with zero attached hydrogens (tertiary/aromatic N) is 1. The van der Waals surface area contributed by atoms with Gasteiger partial charge in [-0.05, 0) is 18.4 Å². The molecule has 0 aliphatic carbocycles. The van der Waals surface area contributed by atoms with E-state index < -0.39 is 0 Å². The number of ether oxygens (including phenoxy) is 1. The van der Waals surface area contributed by atoms with Gasteiger partial charge < -0.3 is 4.74 Å². The first-order valence-corrected chi connectivity index (χ1v) is 6.68. The van der Waals surface area contributed by atoms with Crippen LogP contribution in [0, 0.1) is 5.92 Å². The van der Waals surface area contributed by atoms with Gasteiger partial charge >= 0.3 is 5.97 Å². The van der Waals surface area contributed by atoms with E-state index in [9.17, 15) is 4.79 Å². The number of carbonyl (C=O) groups is 1. The van der Waals surface area contributed by atoms with Crippen LogP contribution >= 0.6 is 0 Å². The van der Waals surface area contributed by atoms with Gasteiger partial charge in [-0.1, -0.05) is 37.3 Å². The minimum Gasteiger partial charge on any atom is -0.461 e. The van der Waals surface area contributed by atoms with E-state index >= 15 is 0 Å². The Kier molecular flexibility index (Phi) is 2.86. The molecule has 0 N–H and O–H groups in total. The van der Waals surface area contributed by atoms with Crippen LogP contribution in [0.2, 0.25) is 0 Å². The number of carbonyl (C=O) groups excluding carboxylic acids is 1. The molecule has 4 atom stereocenters. The third kappa shape index (κ3) is 1.83. The summed E-state index contributed by atoms with van der Waals surface area (Å²) in [4.78, 5) is 14.1. The Balaban J connectivity index is 1.80. The van der Waals surface area contributed by atoms with E-state index in [-0.39, 0.29) is 18.1 Å². The lowest BCUT2D eigenvalue weighted by Crippen LogP contribution is -2.54. The molecule has 0 spiro atoms. The SMILES string of the molecule is CC1CC(N2CC(C)C2c2ccccc2)C(=O)O1. The highest BCUT2D eigenvalue weighted by Crippen LogP contribution is 2.42. The monoisotopic (exact) mass is 245 g/mol. The number of hydrogen-bond acceptors (Lipinski definition) is 3. The number of cyclic esters (lactones) is 1. The molecule has 0 amide bonds. The first-order valence-electron chi connectivity index (χ1n) is 6.68. The number of likely N-dealkylation sites (tertiary alicyclic amines) is 1. The Morgan fingerprint density at radius 2 is 1.94 bits per heavy atom. The summed E-state index contributed by atoms with van der Waals surface area (Å²) >= 11 is 0. The van der Waals surface area contributed by atoms with Crippen LogP contribution in [0.15, 0.2) is 30.3 Å². The zero-order valence-corrected chi connectivity index (χ0v) is 10.9. The summed E-state index contributed by atoms with van der Waals surface area (Å²) in [6.45, 7) is 5.21. The van der Waals surface area contributed by atoms with E-state index in [1.54, 1.807) is 0 Å². The normalized spacial score (nSPS) is 36.2. The molecule has 4 unspecified atom stereocenters. The Bertz CT molecular complexity index is 445. The fourth-order valence-corrected chi connectivity index (χ4v) is 3.23. The molecule has 2 fully saturated rings. The molecule has 2 saturated heterocycles. The van der Waals surface area contributed by atoms with Crippen molar-refractivity contribution in [2.45, 2.75) is 38.5 Å². The third-order valence-electron chi connectivity index (χ3n) is 4.08. The standard InChI is InChI=1S/C15H19NO2/c1-10-9-16(13-8-11(2)18-15(13)17)14(10)12-6-4-3-5-7-12/h3-7,10-11,13-14H,8-9H2,1-2H3. The van der Waals surface area contributed by atoms with Crippen molar-refractivity contribution >= 4 is 5.97 Å². The lowest BCUT2D eigenvalue weighted by Gasteiger charge is -2.49. The van der Waals surface area contributed by atoms with Gasteiger partial charge in [0, 0.05) is 19.0 Å². The van der Waals surface area contributed by atoms with Gasteiger partial charge in [-0.15, -0.1) is 0 Å². The molecule has 3 rings (SSSR count). The Morgan fingerprint density at radius 1 is 1.22 bits per heavy atom. The molecule has 3 heteroatoms. The van der Waals surface area contributed by atoms with E-state index in [2.05, 4.69) is 36.1 Å². The fourth-order valence-electron chi connectivity index (χ4n) is 3.23. The summed E-state index contributed by atoms with van der Waals surface area (Å²) in [5.74, 6) is 0.562. The van der Waals surface area contributed by atoms with Crippen LogP contribution in [0.1, 0.15) is 31.9 Å². The highest BCUT2D eigenvalue weighted by atomic mass is 16.6. The summed E-state index contributed by atoms with van der Waals surface area (Å²) in [6, 6.07) is 10.8. The summed E-state index contributed by atoms with van der Waals surface area (Å²) in [5, 5.41) is 0. The van der Waals surface area contributed by atoms with E-state index in [4.69, 9.17) is 4.74 Å². The largest absolute Gasteiger partial charge is 0.461 e. The number of benzene rings is 1. The first-order chi connectivity index (χ1) is 8.66. The van der Waals surface area contributed by atoms with Crippen LogP contribution in [0.4, 0.5) is 0 Å². The summed E-state index contributed by atoms with van der Waals surface area (Å²) in [7, 11) is 0. The van der Waals surface area contributed by atoms with Gasteiger partial charge in [-0.3, -0.25) is 9.69 Å². The first kappa shape index (κ1) is 11.7. The number of hydrogen-bond donors (Lipinski definition) is 0. The summed E-state index contributed by atoms with van der Waals surface area (Å²) < 4.78 is 5.27. The minimum atomic E-state index is -0.0460. The Morgan fingerprint density at radius 3 is 2.50 bits per heavy atom. The van der Waals surface area contributed by atoms with Crippen LogP contribution in [0.5, 0.6) is 0 Å². The predicted octanol–water partition coefficient (Wildman–Crippen LogP) is 2.38.